The number of amides is 1. The summed E-state index contributed by atoms with van der Waals surface area (Å²) in [7, 11) is 0. The first-order valence-corrected chi connectivity index (χ1v) is 3.11. The van der Waals surface area contributed by atoms with Crippen LogP contribution >= 0.6 is 0 Å². The fourth-order valence-corrected chi connectivity index (χ4v) is 0.893. The summed E-state index contributed by atoms with van der Waals surface area (Å²) in [5.41, 5.74) is 21.5. The molecule has 5 nitrogen and oxygen atoms in total. The molecule has 64 valence electrons. The third-order valence-corrected chi connectivity index (χ3v) is 1.18. The van der Waals surface area contributed by atoms with Crippen LogP contribution in [0.2, 0.25) is 0 Å². The van der Waals surface area contributed by atoms with Gasteiger partial charge in [-0.15, -0.1) is 0 Å². The van der Waals surface area contributed by atoms with Crippen molar-refractivity contribution in [2.45, 2.75) is 19.6 Å². The molecular weight excluding hydrogens is 144 g/mol. The molecule has 0 rings (SSSR count). The van der Waals surface area contributed by atoms with Gasteiger partial charge >= 0.3 is 0 Å². The van der Waals surface area contributed by atoms with Crippen LogP contribution in [0.1, 0.15) is 13.8 Å². The lowest BCUT2D eigenvalue weighted by atomic mass is 10.0. The summed E-state index contributed by atoms with van der Waals surface area (Å²) in [6.07, 6.45) is 0. The maximum absolute atomic E-state index is 10.7. The minimum absolute atomic E-state index is 0.0671. The first-order valence-electron chi connectivity index (χ1n) is 3.11. The number of hydrogen-bond donors (Lipinski definition) is 4. The summed E-state index contributed by atoms with van der Waals surface area (Å²) in [6, 6.07) is 0. The molecule has 0 heterocycles. The second-order valence-electron chi connectivity index (χ2n) is 2.67. The Morgan fingerprint density at radius 3 is 1.55 bits per heavy atom. The molecule has 0 aliphatic heterocycles. The molecule has 0 aliphatic rings. The lowest BCUT2D eigenvalue weighted by molar-refractivity contribution is -0.115. The van der Waals surface area contributed by atoms with Gasteiger partial charge in [-0.05, 0) is 13.8 Å². The molecule has 0 unspecified atom stereocenters. The molecule has 0 aromatic carbocycles. The second kappa shape index (κ2) is 3.00. The largest absolute Gasteiger partial charge is 0.366 e. The number of hydrogen-bond acceptors (Lipinski definition) is 4. The van der Waals surface area contributed by atoms with Gasteiger partial charge in [-0.3, -0.25) is 22.0 Å². The molecule has 0 aromatic rings. The van der Waals surface area contributed by atoms with Crippen molar-refractivity contribution >= 4 is 5.91 Å². The molecule has 1 amide bonds. The quantitative estimate of drug-likeness (QED) is 0.284. The number of primary amides is 1. The maximum atomic E-state index is 10.7. The average Bonchev–Trinajstić information content (AvgIpc) is 1.54. The number of carbonyl (C=O) groups excluding carboxylic acids is 1. The van der Waals surface area contributed by atoms with E-state index in [-0.39, 0.29) is 5.57 Å². The van der Waals surface area contributed by atoms with E-state index in [1.54, 1.807) is 13.8 Å². The van der Waals surface area contributed by atoms with Crippen LogP contribution in [0.5, 0.6) is 0 Å². The van der Waals surface area contributed by atoms with Gasteiger partial charge in [0.05, 0.1) is 5.57 Å². The van der Waals surface area contributed by atoms with Gasteiger partial charge in [0.25, 0.3) is 0 Å². The molecule has 0 saturated heterocycles. The predicted octanol–water partition coefficient (Wildman–Crippen LogP) is -1.66. The van der Waals surface area contributed by atoms with Gasteiger partial charge in [0.2, 0.25) is 5.91 Å². The Kier molecular flexibility index (Phi) is 2.75. The van der Waals surface area contributed by atoms with Crippen LogP contribution in [0.25, 0.3) is 0 Å². The maximum Gasteiger partial charge on any atom is 0.249 e. The predicted molar refractivity (Wildman–Crippen MR) is 42.9 cm³/mol. The molecule has 8 N–H and O–H groups in total. The van der Waals surface area contributed by atoms with E-state index < -0.39 is 11.7 Å². The lowest BCUT2D eigenvalue weighted by Gasteiger charge is -2.21. The SMILES string of the molecule is CC(C)=C(C(N)=O)C(N)(N)N. The van der Waals surface area contributed by atoms with E-state index in [0.29, 0.717) is 5.57 Å². The van der Waals surface area contributed by atoms with Gasteiger partial charge in [0, 0.05) is 0 Å². The van der Waals surface area contributed by atoms with Gasteiger partial charge in [0.1, 0.15) is 5.79 Å². The van der Waals surface area contributed by atoms with Crippen LogP contribution in [0.3, 0.4) is 0 Å². The summed E-state index contributed by atoms with van der Waals surface area (Å²) in [6.45, 7) is 3.34. The number of carbonyl (C=O) groups is 1. The summed E-state index contributed by atoms with van der Waals surface area (Å²) < 4.78 is 0. The van der Waals surface area contributed by atoms with Crippen LogP contribution in [-0.2, 0) is 4.79 Å². The number of nitrogens with two attached hydrogens (primary N) is 4. The first kappa shape index (κ1) is 10.1. The Labute approximate surface area is 65.4 Å². The Morgan fingerprint density at radius 2 is 1.55 bits per heavy atom. The molecule has 0 aliphatic carbocycles. The first-order chi connectivity index (χ1) is 4.76. The lowest BCUT2D eigenvalue weighted by Crippen LogP contribution is -2.62. The highest BCUT2D eigenvalue weighted by Crippen LogP contribution is 2.07. The summed E-state index contributed by atoms with van der Waals surface area (Å²) in [5.74, 6) is -2.32. The van der Waals surface area contributed by atoms with Crippen molar-refractivity contribution in [3.63, 3.8) is 0 Å². The Hall–Kier alpha value is -0.910. The Bertz CT molecular complexity index is 197. The van der Waals surface area contributed by atoms with Crippen molar-refractivity contribution in [1.29, 1.82) is 0 Å². The van der Waals surface area contributed by atoms with Crippen LogP contribution in [0, 0.1) is 0 Å². The van der Waals surface area contributed by atoms with Crippen molar-refractivity contribution < 1.29 is 4.79 Å². The smallest absolute Gasteiger partial charge is 0.249 e. The van der Waals surface area contributed by atoms with Crippen molar-refractivity contribution in [3.8, 4) is 0 Å². The van der Waals surface area contributed by atoms with Crippen LogP contribution < -0.4 is 22.9 Å². The van der Waals surface area contributed by atoms with E-state index in [1.807, 2.05) is 0 Å². The number of allylic oxidation sites excluding steroid dienone is 1. The zero-order chi connectivity index (χ0) is 9.23. The molecular formula is C6H14N4O. The van der Waals surface area contributed by atoms with Gasteiger partial charge < -0.3 is 5.73 Å². The van der Waals surface area contributed by atoms with Crippen molar-refractivity contribution in [2.24, 2.45) is 22.9 Å². The summed E-state index contributed by atoms with van der Waals surface area (Å²) >= 11 is 0. The van der Waals surface area contributed by atoms with E-state index in [4.69, 9.17) is 22.9 Å². The highest BCUT2D eigenvalue weighted by molar-refractivity contribution is 5.94. The Morgan fingerprint density at radius 1 is 1.18 bits per heavy atom. The molecule has 0 atom stereocenters. The van der Waals surface area contributed by atoms with Gasteiger partial charge in [-0.25, -0.2) is 0 Å². The summed E-state index contributed by atoms with van der Waals surface area (Å²) in [4.78, 5) is 10.7. The Balaban J connectivity index is 4.96. The topological polar surface area (TPSA) is 121 Å². The van der Waals surface area contributed by atoms with E-state index in [2.05, 4.69) is 0 Å². The minimum atomic E-state index is -1.63. The fraction of sp³-hybridized carbons (Fsp3) is 0.500. The molecule has 0 bridgehead atoms. The standard InChI is InChI=1S/C6H14N4O/c1-3(2)4(5(7)11)6(8,9)10/h8-10H2,1-2H3,(H2,7,11). The van der Waals surface area contributed by atoms with Gasteiger partial charge in [-0.2, -0.15) is 0 Å². The van der Waals surface area contributed by atoms with Crippen LogP contribution in [0.4, 0.5) is 0 Å². The number of rotatable bonds is 2. The molecule has 0 spiro atoms. The third-order valence-electron chi connectivity index (χ3n) is 1.18. The van der Waals surface area contributed by atoms with Gasteiger partial charge in [-0.1, -0.05) is 5.57 Å². The van der Waals surface area contributed by atoms with Gasteiger partial charge in [0.15, 0.2) is 0 Å². The van der Waals surface area contributed by atoms with Crippen LogP contribution in [-0.4, -0.2) is 11.7 Å². The van der Waals surface area contributed by atoms with Crippen molar-refractivity contribution in [3.05, 3.63) is 11.1 Å². The highest BCUT2D eigenvalue weighted by Gasteiger charge is 2.24. The van der Waals surface area contributed by atoms with E-state index in [9.17, 15) is 4.79 Å². The van der Waals surface area contributed by atoms with E-state index >= 15 is 0 Å². The zero-order valence-corrected chi connectivity index (χ0v) is 6.72. The third kappa shape index (κ3) is 2.67. The minimum Gasteiger partial charge on any atom is -0.366 e. The fourth-order valence-electron chi connectivity index (χ4n) is 0.893. The molecule has 0 fully saturated rings. The van der Waals surface area contributed by atoms with Crippen molar-refractivity contribution in [1.82, 2.24) is 0 Å². The van der Waals surface area contributed by atoms with E-state index in [0.717, 1.165) is 0 Å². The molecule has 0 aromatic heterocycles. The summed E-state index contributed by atoms with van der Waals surface area (Å²) in [5, 5.41) is 0. The zero-order valence-electron chi connectivity index (χ0n) is 6.72. The second-order valence-corrected chi connectivity index (χ2v) is 2.67. The highest BCUT2D eigenvalue weighted by atomic mass is 16.1. The van der Waals surface area contributed by atoms with Crippen LogP contribution in [0.15, 0.2) is 11.1 Å². The monoisotopic (exact) mass is 158 g/mol. The average molecular weight is 158 g/mol. The molecule has 0 radical (unpaired) electrons. The van der Waals surface area contributed by atoms with E-state index in [1.165, 1.54) is 0 Å². The van der Waals surface area contributed by atoms with Crippen molar-refractivity contribution in [2.75, 3.05) is 0 Å². The molecule has 0 saturated carbocycles. The molecule has 5 heteroatoms. The molecule has 11 heavy (non-hydrogen) atoms. The normalized spacial score (nSPS) is 11.0.